The lowest BCUT2D eigenvalue weighted by molar-refractivity contribution is 0.0526. The Kier molecular flexibility index (Phi) is 4.31. The highest BCUT2D eigenvalue weighted by Gasteiger charge is 2.09. The zero-order valence-electron chi connectivity index (χ0n) is 9.06. The molecule has 0 saturated heterocycles. The zero-order chi connectivity index (χ0) is 11.3. The molecule has 0 aliphatic rings. The van der Waals surface area contributed by atoms with Gasteiger partial charge in [0.25, 0.3) is 0 Å². The molecule has 0 aliphatic carbocycles. The quantitative estimate of drug-likeness (QED) is 0.769. The van der Waals surface area contributed by atoms with E-state index in [1.165, 1.54) is 0 Å². The third-order valence-electron chi connectivity index (χ3n) is 2.24. The lowest BCUT2D eigenvalue weighted by atomic mass is 10.00. The summed E-state index contributed by atoms with van der Waals surface area (Å²) in [6.45, 7) is 4.13. The number of hydrogen-bond donors (Lipinski definition) is 1. The molecule has 0 fully saturated rings. The first-order chi connectivity index (χ1) is 7.19. The number of ether oxygens (including phenoxy) is 1. The van der Waals surface area contributed by atoms with Crippen molar-refractivity contribution in [1.29, 1.82) is 0 Å². The Morgan fingerprint density at radius 3 is 2.87 bits per heavy atom. The van der Waals surface area contributed by atoms with Crippen LogP contribution in [0.15, 0.2) is 24.3 Å². The molecule has 3 heteroatoms. The predicted molar refractivity (Wildman–Crippen MR) is 57.9 cm³/mol. The van der Waals surface area contributed by atoms with E-state index in [-0.39, 0.29) is 18.5 Å². The van der Waals surface area contributed by atoms with Gasteiger partial charge in [0.2, 0.25) is 0 Å². The van der Waals surface area contributed by atoms with Crippen LogP contribution in [0.2, 0.25) is 0 Å². The first kappa shape index (κ1) is 11.7. The van der Waals surface area contributed by atoms with Gasteiger partial charge >= 0.3 is 5.97 Å². The molecule has 0 radical (unpaired) electrons. The van der Waals surface area contributed by atoms with E-state index in [9.17, 15) is 4.79 Å². The Morgan fingerprint density at radius 2 is 2.27 bits per heavy atom. The molecular formula is C12H16O3. The maximum Gasteiger partial charge on any atom is 0.338 e. The lowest BCUT2D eigenvalue weighted by Gasteiger charge is -2.09. The summed E-state index contributed by atoms with van der Waals surface area (Å²) in [6, 6.07) is 7.17. The molecule has 0 aliphatic heterocycles. The third-order valence-corrected chi connectivity index (χ3v) is 2.24. The van der Waals surface area contributed by atoms with E-state index in [0.717, 1.165) is 5.56 Å². The van der Waals surface area contributed by atoms with Crippen LogP contribution in [-0.2, 0) is 4.74 Å². The van der Waals surface area contributed by atoms with Gasteiger partial charge in [0.05, 0.1) is 12.2 Å². The van der Waals surface area contributed by atoms with E-state index in [2.05, 4.69) is 0 Å². The predicted octanol–water partition coefficient (Wildman–Crippen LogP) is 1.96. The molecule has 1 N–H and O–H groups in total. The molecule has 0 bridgehead atoms. The van der Waals surface area contributed by atoms with Crippen LogP contribution < -0.4 is 0 Å². The third kappa shape index (κ3) is 3.06. The van der Waals surface area contributed by atoms with E-state index >= 15 is 0 Å². The van der Waals surface area contributed by atoms with Crippen molar-refractivity contribution in [2.45, 2.75) is 19.8 Å². The minimum Gasteiger partial charge on any atom is -0.462 e. The van der Waals surface area contributed by atoms with Gasteiger partial charge in [-0.2, -0.15) is 0 Å². The number of rotatable bonds is 4. The summed E-state index contributed by atoms with van der Waals surface area (Å²) in [5, 5.41) is 9.00. The van der Waals surface area contributed by atoms with E-state index in [4.69, 9.17) is 9.84 Å². The van der Waals surface area contributed by atoms with Gasteiger partial charge in [-0.3, -0.25) is 0 Å². The van der Waals surface area contributed by atoms with Crippen molar-refractivity contribution < 1.29 is 14.6 Å². The van der Waals surface area contributed by atoms with Crippen LogP contribution in [0.1, 0.15) is 35.7 Å². The van der Waals surface area contributed by atoms with Crippen LogP contribution in [0, 0.1) is 0 Å². The van der Waals surface area contributed by atoms with E-state index in [1.807, 2.05) is 13.0 Å². The average Bonchev–Trinajstić information content (AvgIpc) is 2.28. The number of aliphatic hydroxyl groups is 1. The van der Waals surface area contributed by atoms with Crippen molar-refractivity contribution in [2.75, 3.05) is 13.2 Å². The molecule has 1 unspecified atom stereocenters. The van der Waals surface area contributed by atoms with Gasteiger partial charge in [-0.25, -0.2) is 4.79 Å². The maximum atomic E-state index is 11.4. The van der Waals surface area contributed by atoms with Crippen molar-refractivity contribution in [3.63, 3.8) is 0 Å². The monoisotopic (exact) mass is 208 g/mol. The maximum absolute atomic E-state index is 11.4. The Morgan fingerprint density at radius 1 is 1.53 bits per heavy atom. The molecule has 82 valence electrons. The van der Waals surface area contributed by atoms with E-state index < -0.39 is 0 Å². The molecular weight excluding hydrogens is 192 g/mol. The summed E-state index contributed by atoms with van der Waals surface area (Å²) in [5.41, 5.74) is 1.48. The van der Waals surface area contributed by atoms with Crippen molar-refractivity contribution in [3.05, 3.63) is 35.4 Å². The number of esters is 1. The number of aliphatic hydroxyl groups excluding tert-OH is 1. The summed E-state index contributed by atoms with van der Waals surface area (Å²) >= 11 is 0. The van der Waals surface area contributed by atoms with Gasteiger partial charge < -0.3 is 9.84 Å². The smallest absolute Gasteiger partial charge is 0.338 e. The summed E-state index contributed by atoms with van der Waals surface area (Å²) in [4.78, 5) is 11.4. The second-order valence-electron chi connectivity index (χ2n) is 3.43. The first-order valence-electron chi connectivity index (χ1n) is 5.07. The largest absolute Gasteiger partial charge is 0.462 e. The van der Waals surface area contributed by atoms with Crippen molar-refractivity contribution in [2.24, 2.45) is 0 Å². The SMILES string of the molecule is CCOC(=O)c1cccc(C(C)CO)c1. The Bertz CT molecular complexity index is 333. The molecule has 0 spiro atoms. The first-order valence-corrected chi connectivity index (χ1v) is 5.07. The van der Waals surface area contributed by atoms with Gasteiger partial charge in [-0.05, 0) is 24.6 Å². The summed E-state index contributed by atoms with van der Waals surface area (Å²) in [6.07, 6.45) is 0. The van der Waals surface area contributed by atoms with Gasteiger partial charge in [-0.15, -0.1) is 0 Å². The topological polar surface area (TPSA) is 46.5 Å². The highest BCUT2D eigenvalue weighted by atomic mass is 16.5. The molecule has 1 aromatic rings. The van der Waals surface area contributed by atoms with Crippen molar-refractivity contribution >= 4 is 5.97 Å². The molecule has 15 heavy (non-hydrogen) atoms. The fourth-order valence-corrected chi connectivity index (χ4v) is 1.29. The Balaban J connectivity index is 2.87. The molecule has 0 heterocycles. The van der Waals surface area contributed by atoms with Crippen LogP contribution >= 0.6 is 0 Å². The molecule has 1 atom stereocenters. The molecule has 0 saturated carbocycles. The summed E-state index contributed by atoms with van der Waals surface area (Å²) in [5.74, 6) is -0.274. The minimum absolute atomic E-state index is 0.0411. The molecule has 1 rings (SSSR count). The molecule has 0 aromatic heterocycles. The van der Waals surface area contributed by atoms with Crippen LogP contribution in [0.5, 0.6) is 0 Å². The number of carbonyl (C=O) groups excluding carboxylic acids is 1. The number of benzene rings is 1. The average molecular weight is 208 g/mol. The second-order valence-corrected chi connectivity index (χ2v) is 3.43. The molecule has 0 amide bonds. The second kappa shape index (κ2) is 5.51. The van der Waals surface area contributed by atoms with Crippen molar-refractivity contribution in [3.8, 4) is 0 Å². The standard InChI is InChI=1S/C12H16O3/c1-3-15-12(14)11-6-4-5-10(7-11)9(2)8-13/h4-7,9,13H,3,8H2,1-2H3. The van der Waals surface area contributed by atoms with E-state index in [1.54, 1.807) is 25.1 Å². The molecule has 1 aromatic carbocycles. The Labute approximate surface area is 89.7 Å². The summed E-state index contributed by atoms with van der Waals surface area (Å²) in [7, 11) is 0. The summed E-state index contributed by atoms with van der Waals surface area (Å²) < 4.78 is 4.89. The van der Waals surface area contributed by atoms with Gasteiger partial charge in [-0.1, -0.05) is 19.1 Å². The van der Waals surface area contributed by atoms with E-state index in [0.29, 0.717) is 12.2 Å². The normalized spacial score (nSPS) is 12.2. The fourth-order valence-electron chi connectivity index (χ4n) is 1.29. The lowest BCUT2D eigenvalue weighted by Crippen LogP contribution is -2.06. The van der Waals surface area contributed by atoms with Gasteiger partial charge in [0.15, 0.2) is 0 Å². The van der Waals surface area contributed by atoms with Crippen LogP contribution in [0.25, 0.3) is 0 Å². The van der Waals surface area contributed by atoms with Crippen LogP contribution in [0.3, 0.4) is 0 Å². The zero-order valence-corrected chi connectivity index (χ0v) is 9.06. The highest BCUT2D eigenvalue weighted by molar-refractivity contribution is 5.89. The van der Waals surface area contributed by atoms with Crippen molar-refractivity contribution in [1.82, 2.24) is 0 Å². The number of hydrogen-bond acceptors (Lipinski definition) is 3. The minimum atomic E-state index is -0.315. The highest BCUT2D eigenvalue weighted by Crippen LogP contribution is 2.16. The number of carbonyl (C=O) groups is 1. The molecule has 3 nitrogen and oxygen atoms in total. The van der Waals surface area contributed by atoms with Gasteiger partial charge in [0.1, 0.15) is 0 Å². The van der Waals surface area contributed by atoms with Crippen LogP contribution in [-0.4, -0.2) is 24.3 Å². The van der Waals surface area contributed by atoms with Crippen LogP contribution in [0.4, 0.5) is 0 Å². The fraction of sp³-hybridized carbons (Fsp3) is 0.417. The van der Waals surface area contributed by atoms with Gasteiger partial charge in [0, 0.05) is 12.5 Å². The Hall–Kier alpha value is -1.35.